The minimum Gasteiger partial charge on any atom is -0.461 e. The maximum Gasteiger partial charge on any atom is 0.182 e. The molecule has 0 radical (unpaired) electrons. The van der Waals surface area contributed by atoms with Gasteiger partial charge >= 0.3 is 0 Å². The molecule has 3 aromatic rings. The van der Waals surface area contributed by atoms with Crippen LogP contribution in [0.15, 0.2) is 46.0 Å². The Morgan fingerprint density at radius 1 is 1.40 bits per heavy atom. The second-order valence-electron chi connectivity index (χ2n) is 3.04. The van der Waals surface area contributed by atoms with Gasteiger partial charge in [-0.15, -0.1) is 0 Å². The molecule has 0 bridgehead atoms. The molecule has 0 saturated carbocycles. The van der Waals surface area contributed by atoms with Crippen LogP contribution in [0.5, 0.6) is 0 Å². The molecule has 0 N–H and O–H groups in total. The lowest BCUT2D eigenvalue weighted by atomic mass is 10.4. The normalized spacial score (nSPS) is 11.0. The van der Waals surface area contributed by atoms with E-state index in [4.69, 9.17) is 4.42 Å². The van der Waals surface area contributed by atoms with Gasteiger partial charge in [-0.05, 0) is 28.1 Å². The van der Waals surface area contributed by atoms with Crippen LogP contribution in [0.4, 0.5) is 0 Å². The van der Waals surface area contributed by atoms with Gasteiger partial charge in [-0.3, -0.25) is 9.38 Å². The summed E-state index contributed by atoms with van der Waals surface area (Å²) in [6, 6.07) is 3.72. The van der Waals surface area contributed by atoms with E-state index in [9.17, 15) is 0 Å². The van der Waals surface area contributed by atoms with E-state index in [-0.39, 0.29) is 0 Å². The molecule has 0 fully saturated rings. The summed E-state index contributed by atoms with van der Waals surface area (Å²) in [6.45, 7) is 0. The molecule has 0 atom stereocenters. The zero-order valence-corrected chi connectivity index (χ0v) is 9.18. The highest BCUT2D eigenvalue weighted by Gasteiger charge is 2.12. The SMILES string of the molecule is Brc1nc(-c2ccco2)n2ccncc12. The Labute approximate surface area is 93.7 Å². The van der Waals surface area contributed by atoms with Crippen molar-refractivity contribution in [1.82, 2.24) is 14.4 Å². The average molecular weight is 264 g/mol. The lowest BCUT2D eigenvalue weighted by Gasteiger charge is -1.95. The first kappa shape index (κ1) is 8.67. The van der Waals surface area contributed by atoms with Crippen LogP contribution in [0.3, 0.4) is 0 Å². The Kier molecular flexibility index (Phi) is 1.85. The summed E-state index contributed by atoms with van der Waals surface area (Å²) in [5.74, 6) is 1.51. The number of halogens is 1. The number of rotatable bonds is 1. The van der Waals surface area contributed by atoms with E-state index >= 15 is 0 Å². The van der Waals surface area contributed by atoms with Crippen LogP contribution in [0, 0.1) is 0 Å². The van der Waals surface area contributed by atoms with Gasteiger partial charge in [0.25, 0.3) is 0 Å². The van der Waals surface area contributed by atoms with E-state index in [1.165, 1.54) is 0 Å². The van der Waals surface area contributed by atoms with Crippen LogP contribution in [0.25, 0.3) is 17.1 Å². The van der Waals surface area contributed by atoms with E-state index in [1.54, 1.807) is 18.7 Å². The van der Waals surface area contributed by atoms with E-state index < -0.39 is 0 Å². The van der Waals surface area contributed by atoms with E-state index in [1.807, 2.05) is 22.7 Å². The van der Waals surface area contributed by atoms with E-state index in [2.05, 4.69) is 25.9 Å². The first-order chi connectivity index (χ1) is 7.36. The fourth-order valence-corrected chi connectivity index (χ4v) is 1.94. The topological polar surface area (TPSA) is 43.3 Å². The van der Waals surface area contributed by atoms with Gasteiger partial charge in [0, 0.05) is 12.4 Å². The molecule has 0 amide bonds. The Hall–Kier alpha value is -1.62. The molecule has 0 aliphatic rings. The smallest absolute Gasteiger partial charge is 0.182 e. The molecule has 0 aliphatic heterocycles. The highest BCUT2D eigenvalue weighted by molar-refractivity contribution is 9.10. The highest BCUT2D eigenvalue weighted by Crippen LogP contribution is 2.25. The van der Waals surface area contributed by atoms with E-state index in [0.717, 1.165) is 21.7 Å². The molecule has 15 heavy (non-hydrogen) atoms. The molecule has 3 heterocycles. The summed E-state index contributed by atoms with van der Waals surface area (Å²) in [5.41, 5.74) is 0.920. The quantitative estimate of drug-likeness (QED) is 0.678. The Bertz CT molecular complexity index is 600. The van der Waals surface area contributed by atoms with Crippen LogP contribution in [0.2, 0.25) is 0 Å². The maximum absolute atomic E-state index is 5.32. The van der Waals surface area contributed by atoms with Gasteiger partial charge < -0.3 is 4.42 Å². The van der Waals surface area contributed by atoms with Crippen molar-refractivity contribution in [3.05, 3.63) is 41.6 Å². The summed E-state index contributed by atoms with van der Waals surface area (Å²) in [5, 5.41) is 0. The van der Waals surface area contributed by atoms with Gasteiger partial charge in [0.05, 0.1) is 18.0 Å². The third-order valence-corrected chi connectivity index (χ3v) is 2.73. The second-order valence-corrected chi connectivity index (χ2v) is 3.79. The van der Waals surface area contributed by atoms with Crippen LogP contribution in [-0.4, -0.2) is 14.4 Å². The van der Waals surface area contributed by atoms with Crippen LogP contribution in [-0.2, 0) is 0 Å². The van der Waals surface area contributed by atoms with Gasteiger partial charge in [-0.25, -0.2) is 4.98 Å². The van der Waals surface area contributed by atoms with Crippen molar-refractivity contribution in [2.24, 2.45) is 0 Å². The number of furan rings is 1. The first-order valence-corrected chi connectivity index (χ1v) is 5.17. The van der Waals surface area contributed by atoms with Gasteiger partial charge in [-0.1, -0.05) is 0 Å². The fourth-order valence-electron chi connectivity index (χ4n) is 1.48. The van der Waals surface area contributed by atoms with Crippen LogP contribution < -0.4 is 0 Å². The molecule has 0 saturated heterocycles. The largest absolute Gasteiger partial charge is 0.461 e. The summed E-state index contributed by atoms with van der Waals surface area (Å²) in [7, 11) is 0. The molecule has 5 heteroatoms. The molecule has 0 unspecified atom stereocenters. The molecule has 74 valence electrons. The minimum absolute atomic E-state index is 0.738. The van der Waals surface area contributed by atoms with Crippen molar-refractivity contribution in [3.8, 4) is 11.6 Å². The molecule has 0 spiro atoms. The number of aromatic nitrogens is 3. The minimum atomic E-state index is 0.738. The zero-order chi connectivity index (χ0) is 10.3. The van der Waals surface area contributed by atoms with Gasteiger partial charge in [0.15, 0.2) is 11.6 Å². The highest BCUT2D eigenvalue weighted by atomic mass is 79.9. The van der Waals surface area contributed by atoms with E-state index in [0.29, 0.717) is 0 Å². The summed E-state index contributed by atoms with van der Waals surface area (Å²) in [6.07, 6.45) is 6.95. The fraction of sp³-hybridized carbons (Fsp3) is 0. The predicted octanol–water partition coefficient (Wildman–Crippen LogP) is 2.75. The molecular weight excluding hydrogens is 258 g/mol. The maximum atomic E-state index is 5.32. The zero-order valence-electron chi connectivity index (χ0n) is 7.59. The Morgan fingerprint density at radius 2 is 2.33 bits per heavy atom. The molecular formula is C10H6BrN3O. The van der Waals surface area contributed by atoms with Crippen molar-refractivity contribution >= 4 is 21.4 Å². The number of hydrogen-bond acceptors (Lipinski definition) is 3. The number of imidazole rings is 1. The summed E-state index contributed by atoms with van der Waals surface area (Å²) < 4.78 is 8.01. The number of nitrogens with zero attached hydrogens (tertiary/aromatic N) is 3. The van der Waals surface area contributed by atoms with Crippen molar-refractivity contribution in [1.29, 1.82) is 0 Å². The summed E-state index contributed by atoms with van der Waals surface area (Å²) >= 11 is 3.39. The predicted molar refractivity (Wildman–Crippen MR) is 58.4 cm³/mol. The third-order valence-electron chi connectivity index (χ3n) is 2.14. The molecule has 0 aliphatic carbocycles. The van der Waals surface area contributed by atoms with Gasteiger partial charge in [0.2, 0.25) is 0 Å². The number of hydrogen-bond donors (Lipinski definition) is 0. The Morgan fingerprint density at radius 3 is 3.13 bits per heavy atom. The third kappa shape index (κ3) is 1.27. The molecule has 3 aromatic heterocycles. The van der Waals surface area contributed by atoms with Crippen molar-refractivity contribution in [2.45, 2.75) is 0 Å². The first-order valence-electron chi connectivity index (χ1n) is 4.38. The molecule has 0 aromatic carbocycles. The lowest BCUT2D eigenvalue weighted by molar-refractivity contribution is 0.577. The van der Waals surface area contributed by atoms with Crippen LogP contribution >= 0.6 is 15.9 Å². The molecule has 3 rings (SSSR count). The second kappa shape index (κ2) is 3.20. The summed E-state index contributed by atoms with van der Waals surface area (Å²) in [4.78, 5) is 8.43. The monoisotopic (exact) mass is 263 g/mol. The lowest BCUT2D eigenvalue weighted by Crippen LogP contribution is -1.87. The van der Waals surface area contributed by atoms with Crippen LogP contribution in [0.1, 0.15) is 0 Å². The van der Waals surface area contributed by atoms with Crippen molar-refractivity contribution in [2.75, 3.05) is 0 Å². The Balaban J connectivity index is 2.37. The van der Waals surface area contributed by atoms with Crippen molar-refractivity contribution < 1.29 is 4.42 Å². The van der Waals surface area contributed by atoms with Gasteiger partial charge in [0.1, 0.15) is 4.60 Å². The van der Waals surface area contributed by atoms with Gasteiger partial charge in [-0.2, -0.15) is 0 Å². The average Bonchev–Trinajstić information content (AvgIpc) is 2.87. The molecule has 4 nitrogen and oxygen atoms in total. The standard InChI is InChI=1S/C10H6BrN3O/c11-9-7-6-12-3-4-14(7)10(13-9)8-2-1-5-15-8/h1-6H. The number of fused-ring (bicyclic) bond motifs is 1. The van der Waals surface area contributed by atoms with Crippen molar-refractivity contribution in [3.63, 3.8) is 0 Å².